The first-order valence-electron chi connectivity index (χ1n) is 27.7. The van der Waals surface area contributed by atoms with Crippen LogP contribution in [0.5, 0.6) is 17.2 Å². The minimum absolute atomic E-state index is 0.177. The molecule has 0 amide bonds. The van der Waals surface area contributed by atoms with E-state index in [2.05, 4.69) is 265 Å². The van der Waals surface area contributed by atoms with Crippen LogP contribution in [-0.4, -0.2) is 0 Å². The van der Waals surface area contributed by atoms with Gasteiger partial charge < -0.3 is 13.6 Å². The van der Waals surface area contributed by atoms with Crippen molar-refractivity contribution < 1.29 is 18.1 Å². The quantitative estimate of drug-likeness (QED) is 0.0804. The van der Waals surface area contributed by atoms with Crippen molar-refractivity contribution in [2.75, 3.05) is 0 Å². The maximum absolute atomic E-state index is 17.0. The van der Waals surface area contributed by atoms with Gasteiger partial charge in [0.2, 0.25) is 0 Å². The molecule has 0 radical (unpaired) electrons. The van der Waals surface area contributed by atoms with E-state index in [1.807, 2.05) is 18.2 Å². The molecule has 0 aliphatic carbocycles. The molecule has 0 fully saturated rings. The minimum Gasteiger partial charge on any atom is -0.385 e. The van der Waals surface area contributed by atoms with Crippen LogP contribution in [-0.2, 0) is 4.57 Å². The molecule has 0 saturated heterocycles. The standard InChI is InChI=1S/C72H75O4P/c1-46(2)55-25-13-19-31-61(55)52-37-40-70(67(43-52)64-34-22-16-28-58(64)49(7)8)74-77(73,75-71-41-38-53(62-32-20-14-26-56(62)47(3)4)44-68(71)65-35-23-17-29-59(65)50(9)10)76-72-42-39-54(63-33-21-15-27-57(63)48(5)6)45-69(72)66-36-24-18-30-60(66)51(11)12/h13-51H,1-12H3. The molecule has 0 unspecified atom stereocenters. The molecule has 0 aliphatic heterocycles. The first kappa shape index (κ1) is 54.4. The van der Waals surface area contributed by atoms with Gasteiger partial charge in [0.25, 0.3) is 0 Å². The smallest absolute Gasteiger partial charge is 0.385 e. The molecule has 0 saturated carbocycles. The van der Waals surface area contributed by atoms with Gasteiger partial charge in [0, 0.05) is 16.7 Å². The predicted molar refractivity (Wildman–Crippen MR) is 326 cm³/mol. The maximum Gasteiger partial charge on any atom is 0.647 e. The van der Waals surface area contributed by atoms with E-state index in [4.69, 9.17) is 13.6 Å². The summed E-state index contributed by atoms with van der Waals surface area (Å²) in [5.74, 6) is 2.53. The number of hydrogen-bond acceptors (Lipinski definition) is 4. The van der Waals surface area contributed by atoms with Crippen LogP contribution in [0.3, 0.4) is 0 Å². The van der Waals surface area contributed by atoms with Crippen molar-refractivity contribution in [1.29, 1.82) is 0 Å². The molecule has 0 aliphatic rings. The van der Waals surface area contributed by atoms with Gasteiger partial charge >= 0.3 is 7.82 Å². The summed E-state index contributed by atoms with van der Waals surface area (Å²) in [6.07, 6.45) is 0. The van der Waals surface area contributed by atoms with Crippen LogP contribution >= 0.6 is 7.82 Å². The topological polar surface area (TPSA) is 44.8 Å². The number of benzene rings is 9. The van der Waals surface area contributed by atoms with Crippen LogP contribution in [0.4, 0.5) is 0 Å². The zero-order chi connectivity index (χ0) is 54.5. The lowest BCUT2D eigenvalue weighted by Gasteiger charge is -2.26. The molecule has 77 heavy (non-hydrogen) atoms. The Kier molecular flexibility index (Phi) is 16.6. The summed E-state index contributed by atoms with van der Waals surface area (Å²) < 4.78 is 38.5. The third-order valence-corrected chi connectivity index (χ3v) is 16.1. The van der Waals surface area contributed by atoms with E-state index in [1.54, 1.807) is 0 Å². The highest BCUT2D eigenvalue weighted by molar-refractivity contribution is 7.49. The van der Waals surface area contributed by atoms with Gasteiger partial charge in [-0.2, -0.15) is 4.57 Å². The normalized spacial score (nSPS) is 11.9. The molecular weight excluding hydrogens is 960 g/mol. The second kappa shape index (κ2) is 23.5. The van der Waals surface area contributed by atoms with E-state index in [1.165, 1.54) is 16.7 Å². The monoisotopic (exact) mass is 1030 g/mol. The molecule has 9 aromatic carbocycles. The average Bonchev–Trinajstić information content (AvgIpc) is 3.46. The van der Waals surface area contributed by atoms with Crippen LogP contribution in [0, 0.1) is 0 Å². The van der Waals surface area contributed by atoms with Crippen molar-refractivity contribution in [3.8, 4) is 84.0 Å². The first-order valence-corrected chi connectivity index (χ1v) is 29.1. The number of phosphoric acid groups is 1. The van der Waals surface area contributed by atoms with Crippen LogP contribution in [0.15, 0.2) is 200 Å². The van der Waals surface area contributed by atoms with E-state index in [0.29, 0.717) is 17.2 Å². The second-order valence-corrected chi connectivity index (χ2v) is 23.7. The number of phosphoric ester groups is 1. The van der Waals surface area contributed by atoms with Gasteiger partial charge in [0.05, 0.1) is 0 Å². The summed E-state index contributed by atoms with van der Waals surface area (Å²) in [6.45, 7) is 26.6. The number of rotatable bonds is 18. The van der Waals surface area contributed by atoms with E-state index in [9.17, 15) is 0 Å². The molecule has 0 heterocycles. The van der Waals surface area contributed by atoms with Crippen LogP contribution in [0.2, 0.25) is 0 Å². The highest BCUT2D eigenvalue weighted by Gasteiger charge is 2.37. The molecule has 0 N–H and O–H groups in total. The average molecular weight is 1040 g/mol. The molecule has 5 heteroatoms. The van der Waals surface area contributed by atoms with E-state index >= 15 is 4.57 Å². The van der Waals surface area contributed by atoms with Gasteiger partial charge in [0.15, 0.2) is 0 Å². The lowest BCUT2D eigenvalue weighted by molar-refractivity contribution is 0.299. The van der Waals surface area contributed by atoms with E-state index in [-0.39, 0.29) is 35.5 Å². The first-order chi connectivity index (χ1) is 37.0. The van der Waals surface area contributed by atoms with Crippen molar-refractivity contribution in [2.45, 2.75) is 119 Å². The van der Waals surface area contributed by atoms with Gasteiger partial charge in [-0.25, -0.2) is 0 Å². The van der Waals surface area contributed by atoms with Crippen LogP contribution in [0.1, 0.15) is 152 Å². The third kappa shape index (κ3) is 11.8. The fraction of sp³-hybridized carbons (Fsp3) is 0.250. The van der Waals surface area contributed by atoms with Gasteiger partial charge in [-0.15, -0.1) is 0 Å². The largest absolute Gasteiger partial charge is 0.647 e. The highest BCUT2D eigenvalue weighted by Crippen LogP contribution is 2.57. The summed E-state index contributed by atoms with van der Waals surface area (Å²) in [5, 5.41) is 0. The molecule has 0 bridgehead atoms. The molecular formula is C72H75O4P. The third-order valence-electron chi connectivity index (χ3n) is 14.9. The Bertz CT molecular complexity index is 3210. The molecule has 4 nitrogen and oxygen atoms in total. The SMILES string of the molecule is CC(C)c1ccccc1-c1ccc(OP(=O)(Oc2ccc(-c3ccccc3C(C)C)cc2-c2ccccc2C(C)C)Oc2ccc(-c3ccccc3C(C)C)cc2-c2ccccc2C(C)C)c(-c2ccccc2C(C)C)c1. The van der Waals surface area contributed by atoms with Crippen molar-refractivity contribution in [2.24, 2.45) is 0 Å². The molecule has 9 aromatic rings. The van der Waals surface area contributed by atoms with Crippen LogP contribution < -0.4 is 13.6 Å². The van der Waals surface area contributed by atoms with E-state index in [0.717, 1.165) is 83.5 Å². The van der Waals surface area contributed by atoms with Crippen molar-refractivity contribution in [3.05, 3.63) is 234 Å². The lowest BCUT2D eigenvalue weighted by atomic mass is 9.88. The Labute approximate surface area is 459 Å². The summed E-state index contributed by atoms with van der Waals surface area (Å²) in [6, 6.07) is 69.6. The molecule has 9 rings (SSSR count). The summed E-state index contributed by atoms with van der Waals surface area (Å²) in [5.41, 5.74) is 18.9. The van der Waals surface area contributed by atoms with Crippen molar-refractivity contribution in [3.63, 3.8) is 0 Å². The predicted octanol–water partition coefficient (Wildman–Crippen LogP) is 22.1. The zero-order valence-corrected chi connectivity index (χ0v) is 48.0. The Morgan fingerprint density at radius 2 is 0.442 bits per heavy atom. The summed E-state index contributed by atoms with van der Waals surface area (Å²) in [7, 11) is -4.78. The second-order valence-electron chi connectivity index (χ2n) is 22.3. The Morgan fingerprint density at radius 1 is 0.247 bits per heavy atom. The fourth-order valence-corrected chi connectivity index (χ4v) is 12.2. The van der Waals surface area contributed by atoms with Gasteiger partial charge in [0.1, 0.15) is 17.2 Å². The number of hydrogen-bond donors (Lipinski definition) is 0. The Balaban J connectivity index is 1.31. The van der Waals surface area contributed by atoms with Crippen molar-refractivity contribution in [1.82, 2.24) is 0 Å². The van der Waals surface area contributed by atoms with E-state index < -0.39 is 7.82 Å². The zero-order valence-electron chi connectivity index (χ0n) is 47.1. The molecule has 392 valence electrons. The summed E-state index contributed by atoms with van der Waals surface area (Å²) in [4.78, 5) is 0. The molecule has 0 aromatic heterocycles. The molecule has 0 atom stereocenters. The highest BCUT2D eigenvalue weighted by atomic mass is 31.2. The van der Waals surface area contributed by atoms with Gasteiger partial charge in [-0.1, -0.05) is 247 Å². The maximum atomic E-state index is 17.0. The fourth-order valence-electron chi connectivity index (χ4n) is 10.9. The summed E-state index contributed by atoms with van der Waals surface area (Å²) >= 11 is 0. The van der Waals surface area contributed by atoms with Crippen LogP contribution in [0.25, 0.3) is 66.8 Å². The van der Waals surface area contributed by atoms with Gasteiger partial charge in [-0.3, -0.25) is 0 Å². The lowest BCUT2D eigenvalue weighted by Crippen LogP contribution is -2.10. The van der Waals surface area contributed by atoms with Crippen molar-refractivity contribution >= 4 is 7.82 Å². The Hall–Kier alpha value is -7.39. The Morgan fingerprint density at radius 3 is 0.662 bits per heavy atom. The minimum atomic E-state index is -4.78. The molecule has 0 spiro atoms. The van der Waals surface area contributed by atoms with Gasteiger partial charge in [-0.05, 0) is 155 Å².